The molecule has 2 unspecified atom stereocenters. The summed E-state index contributed by atoms with van der Waals surface area (Å²) in [5, 5.41) is 15.9. The second-order valence-corrected chi connectivity index (χ2v) is 5.02. The molecule has 1 aromatic heterocycles. The topological polar surface area (TPSA) is 87.5 Å². The minimum absolute atomic E-state index is 0.179. The van der Waals surface area contributed by atoms with Gasteiger partial charge in [0.15, 0.2) is 0 Å². The molecule has 1 aromatic rings. The third-order valence-corrected chi connectivity index (χ3v) is 3.73. The van der Waals surface area contributed by atoms with Crippen molar-refractivity contribution in [3.8, 4) is 0 Å². The standard InChI is InChI=1S/C13H20N4O3/c1-10-11(12(18)19)4-9-17(10)13(20)14-5-2-7-16-8-3-6-15-16/h3,6,8,10-11H,2,4-5,7,9H2,1H3,(H,14,20)(H,18,19). The highest BCUT2D eigenvalue weighted by atomic mass is 16.4. The Hall–Kier alpha value is -2.05. The number of amides is 2. The average molecular weight is 280 g/mol. The van der Waals surface area contributed by atoms with Gasteiger partial charge in [0, 0.05) is 38.1 Å². The van der Waals surface area contributed by atoms with Gasteiger partial charge in [0.1, 0.15) is 0 Å². The van der Waals surface area contributed by atoms with Gasteiger partial charge >= 0.3 is 12.0 Å². The number of carboxylic acid groups (broad SMARTS) is 1. The minimum Gasteiger partial charge on any atom is -0.481 e. The number of aliphatic carboxylic acids is 1. The lowest BCUT2D eigenvalue weighted by Crippen LogP contribution is -2.44. The Bertz CT molecular complexity index is 460. The van der Waals surface area contributed by atoms with Crippen LogP contribution in [0.1, 0.15) is 19.8 Å². The number of aryl methyl sites for hydroxylation is 1. The Morgan fingerprint density at radius 3 is 2.90 bits per heavy atom. The number of nitrogens with one attached hydrogen (secondary N) is 1. The van der Waals surface area contributed by atoms with Crippen LogP contribution in [-0.4, -0.2) is 50.9 Å². The largest absolute Gasteiger partial charge is 0.481 e. The molecule has 2 rings (SSSR count). The van der Waals surface area contributed by atoms with E-state index in [2.05, 4.69) is 10.4 Å². The highest BCUT2D eigenvalue weighted by Crippen LogP contribution is 2.24. The zero-order valence-electron chi connectivity index (χ0n) is 11.5. The minimum atomic E-state index is -0.827. The molecule has 2 amide bonds. The predicted molar refractivity (Wildman–Crippen MR) is 72.2 cm³/mol. The molecule has 20 heavy (non-hydrogen) atoms. The van der Waals surface area contributed by atoms with Crippen LogP contribution < -0.4 is 5.32 Å². The van der Waals surface area contributed by atoms with Crippen molar-refractivity contribution in [1.29, 1.82) is 0 Å². The van der Waals surface area contributed by atoms with E-state index in [1.807, 2.05) is 16.9 Å². The van der Waals surface area contributed by atoms with Crippen LogP contribution >= 0.6 is 0 Å². The van der Waals surface area contributed by atoms with Gasteiger partial charge in [0.2, 0.25) is 0 Å². The average Bonchev–Trinajstić information content (AvgIpc) is 3.03. The van der Waals surface area contributed by atoms with Gasteiger partial charge in [-0.25, -0.2) is 4.79 Å². The van der Waals surface area contributed by atoms with Crippen molar-refractivity contribution in [2.24, 2.45) is 5.92 Å². The Balaban J connectivity index is 1.71. The van der Waals surface area contributed by atoms with E-state index < -0.39 is 11.9 Å². The van der Waals surface area contributed by atoms with Crippen molar-refractivity contribution in [2.45, 2.75) is 32.4 Å². The SMILES string of the molecule is CC1C(C(=O)O)CCN1C(=O)NCCCn1cccn1. The van der Waals surface area contributed by atoms with Crippen LogP contribution in [-0.2, 0) is 11.3 Å². The molecule has 0 bridgehead atoms. The smallest absolute Gasteiger partial charge is 0.317 e. The van der Waals surface area contributed by atoms with E-state index in [0.29, 0.717) is 19.5 Å². The molecule has 0 spiro atoms. The van der Waals surface area contributed by atoms with Gasteiger partial charge in [-0.3, -0.25) is 9.48 Å². The first kappa shape index (κ1) is 14.4. The van der Waals surface area contributed by atoms with Crippen LogP contribution in [0.25, 0.3) is 0 Å². The lowest BCUT2D eigenvalue weighted by atomic mass is 10.0. The molecule has 1 aliphatic heterocycles. The number of hydrogen-bond acceptors (Lipinski definition) is 3. The molecule has 0 saturated carbocycles. The number of hydrogen-bond donors (Lipinski definition) is 2. The van der Waals surface area contributed by atoms with Crippen LogP contribution in [0.3, 0.4) is 0 Å². The first-order chi connectivity index (χ1) is 9.59. The number of carbonyl (C=O) groups excluding carboxylic acids is 1. The second kappa shape index (κ2) is 6.40. The third-order valence-electron chi connectivity index (χ3n) is 3.73. The lowest BCUT2D eigenvalue weighted by Gasteiger charge is -2.23. The molecule has 0 aliphatic carbocycles. The number of urea groups is 1. The second-order valence-electron chi connectivity index (χ2n) is 5.02. The van der Waals surface area contributed by atoms with E-state index in [9.17, 15) is 9.59 Å². The summed E-state index contributed by atoms with van der Waals surface area (Å²) in [7, 11) is 0. The first-order valence-electron chi connectivity index (χ1n) is 6.84. The summed E-state index contributed by atoms with van der Waals surface area (Å²) in [5.74, 6) is -1.28. The summed E-state index contributed by atoms with van der Waals surface area (Å²) in [6.45, 7) is 3.60. The fourth-order valence-electron chi connectivity index (χ4n) is 2.53. The van der Waals surface area contributed by atoms with E-state index in [1.165, 1.54) is 0 Å². The van der Waals surface area contributed by atoms with E-state index in [-0.39, 0.29) is 12.1 Å². The van der Waals surface area contributed by atoms with Gasteiger partial charge in [-0.05, 0) is 25.8 Å². The molecule has 110 valence electrons. The lowest BCUT2D eigenvalue weighted by molar-refractivity contribution is -0.142. The highest BCUT2D eigenvalue weighted by molar-refractivity contribution is 5.78. The summed E-state index contributed by atoms with van der Waals surface area (Å²) in [4.78, 5) is 24.6. The Kier molecular flexibility index (Phi) is 4.60. The van der Waals surface area contributed by atoms with Crippen molar-refractivity contribution < 1.29 is 14.7 Å². The fraction of sp³-hybridized carbons (Fsp3) is 0.615. The van der Waals surface area contributed by atoms with Crippen molar-refractivity contribution in [3.05, 3.63) is 18.5 Å². The monoisotopic (exact) mass is 280 g/mol. The van der Waals surface area contributed by atoms with Crippen molar-refractivity contribution in [3.63, 3.8) is 0 Å². The molecule has 0 radical (unpaired) electrons. The first-order valence-corrected chi connectivity index (χ1v) is 6.84. The van der Waals surface area contributed by atoms with Gasteiger partial charge in [-0.2, -0.15) is 5.10 Å². The van der Waals surface area contributed by atoms with Crippen LogP contribution in [0, 0.1) is 5.92 Å². The quantitative estimate of drug-likeness (QED) is 0.780. The number of nitrogens with zero attached hydrogens (tertiary/aromatic N) is 3. The Morgan fingerprint density at radius 2 is 2.30 bits per heavy atom. The summed E-state index contributed by atoms with van der Waals surface area (Å²) in [6, 6.07) is 1.43. The van der Waals surface area contributed by atoms with Crippen LogP contribution in [0.4, 0.5) is 4.79 Å². The van der Waals surface area contributed by atoms with Gasteiger partial charge in [0.05, 0.1) is 5.92 Å². The third kappa shape index (κ3) is 3.28. The van der Waals surface area contributed by atoms with Gasteiger partial charge < -0.3 is 15.3 Å². The maximum atomic E-state index is 12.0. The number of likely N-dealkylation sites (tertiary alicyclic amines) is 1. The predicted octanol–water partition coefficient (Wildman–Crippen LogP) is 0.778. The summed E-state index contributed by atoms with van der Waals surface area (Å²) < 4.78 is 1.81. The van der Waals surface area contributed by atoms with E-state index in [1.54, 1.807) is 18.0 Å². The van der Waals surface area contributed by atoms with E-state index in [0.717, 1.165) is 13.0 Å². The molecule has 1 fully saturated rings. The summed E-state index contributed by atoms with van der Waals surface area (Å²) in [6.07, 6.45) is 4.91. The molecular formula is C13H20N4O3. The molecule has 7 heteroatoms. The van der Waals surface area contributed by atoms with Crippen LogP contribution in [0.5, 0.6) is 0 Å². The number of aromatic nitrogens is 2. The number of carbonyl (C=O) groups is 2. The van der Waals surface area contributed by atoms with Crippen molar-refractivity contribution >= 4 is 12.0 Å². The zero-order chi connectivity index (χ0) is 14.5. The van der Waals surface area contributed by atoms with E-state index in [4.69, 9.17) is 5.11 Å². The maximum absolute atomic E-state index is 12.0. The molecule has 1 saturated heterocycles. The molecule has 2 N–H and O–H groups in total. The maximum Gasteiger partial charge on any atom is 0.317 e. The normalized spacial score (nSPS) is 21.9. The molecular weight excluding hydrogens is 260 g/mol. The molecule has 1 aliphatic rings. The summed E-state index contributed by atoms with van der Waals surface area (Å²) in [5.41, 5.74) is 0. The fourth-order valence-corrected chi connectivity index (χ4v) is 2.53. The number of carboxylic acids is 1. The number of rotatable bonds is 5. The van der Waals surface area contributed by atoms with Crippen molar-refractivity contribution in [1.82, 2.24) is 20.0 Å². The molecule has 7 nitrogen and oxygen atoms in total. The van der Waals surface area contributed by atoms with Gasteiger partial charge in [-0.15, -0.1) is 0 Å². The Morgan fingerprint density at radius 1 is 1.50 bits per heavy atom. The zero-order valence-corrected chi connectivity index (χ0v) is 11.5. The Labute approximate surface area is 117 Å². The van der Waals surface area contributed by atoms with Gasteiger partial charge in [-0.1, -0.05) is 0 Å². The highest BCUT2D eigenvalue weighted by Gasteiger charge is 2.37. The molecule has 2 heterocycles. The van der Waals surface area contributed by atoms with Crippen LogP contribution in [0.15, 0.2) is 18.5 Å². The van der Waals surface area contributed by atoms with E-state index >= 15 is 0 Å². The molecule has 0 aromatic carbocycles. The van der Waals surface area contributed by atoms with Gasteiger partial charge in [0.25, 0.3) is 0 Å². The van der Waals surface area contributed by atoms with Crippen LogP contribution in [0.2, 0.25) is 0 Å². The summed E-state index contributed by atoms with van der Waals surface area (Å²) >= 11 is 0. The molecule has 2 atom stereocenters. The van der Waals surface area contributed by atoms with Crippen molar-refractivity contribution in [2.75, 3.05) is 13.1 Å².